The summed E-state index contributed by atoms with van der Waals surface area (Å²) in [6, 6.07) is 0. The van der Waals surface area contributed by atoms with Crippen LogP contribution in [0.5, 0.6) is 0 Å². The van der Waals surface area contributed by atoms with Gasteiger partial charge in [0.25, 0.3) is 0 Å². The van der Waals surface area contributed by atoms with Gasteiger partial charge in [0.15, 0.2) is 5.12 Å². The minimum absolute atomic E-state index is 0.257. The van der Waals surface area contributed by atoms with Crippen molar-refractivity contribution in [3.63, 3.8) is 0 Å². The second-order valence-electron chi connectivity index (χ2n) is 9.56. The highest BCUT2D eigenvalue weighted by molar-refractivity contribution is 8.13. The zero-order valence-corrected chi connectivity index (χ0v) is 17.2. The van der Waals surface area contributed by atoms with Gasteiger partial charge in [-0.3, -0.25) is 4.79 Å². The molecule has 0 aromatic carbocycles. The molecular weight excluding hydrogens is 328 g/mol. The van der Waals surface area contributed by atoms with Crippen molar-refractivity contribution in [3.05, 3.63) is 11.6 Å². The molecule has 4 rings (SSSR count). The topological polar surface area (TPSA) is 26.3 Å². The van der Waals surface area contributed by atoms with Crippen LogP contribution in [-0.4, -0.2) is 24.6 Å². The normalized spacial score (nSPS) is 49.0. The molecule has 2 nitrogen and oxygen atoms in total. The number of hydrogen-bond donors (Lipinski definition) is 0. The lowest BCUT2D eigenvalue weighted by Gasteiger charge is -2.58. The summed E-state index contributed by atoms with van der Waals surface area (Å²) in [5.41, 5.74) is 2.33. The van der Waals surface area contributed by atoms with Gasteiger partial charge >= 0.3 is 0 Å². The number of rotatable bonds is 2. The van der Waals surface area contributed by atoms with Crippen LogP contribution in [0.1, 0.15) is 65.2 Å². The molecule has 7 unspecified atom stereocenters. The van der Waals surface area contributed by atoms with Crippen molar-refractivity contribution < 1.29 is 9.53 Å². The molecule has 25 heavy (non-hydrogen) atoms. The van der Waals surface area contributed by atoms with Crippen molar-refractivity contribution >= 4 is 16.9 Å². The summed E-state index contributed by atoms with van der Waals surface area (Å²) in [5, 5.41) is 0.447. The standard InChI is InChI=1S/C22H34O2S/c1-21-11-9-15(24-3)13-14(21)5-6-16-17-7-8-19(20(23)25-4)22(17,2)12-10-18(16)21/h5,15-19H,6-13H2,1-4H3. The molecule has 0 aromatic rings. The van der Waals surface area contributed by atoms with Crippen LogP contribution in [-0.2, 0) is 9.53 Å². The third kappa shape index (κ3) is 2.59. The van der Waals surface area contributed by atoms with Crippen molar-refractivity contribution in [2.75, 3.05) is 13.4 Å². The highest BCUT2D eigenvalue weighted by Gasteiger charge is 2.59. The summed E-state index contributed by atoms with van der Waals surface area (Å²) < 4.78 is 5.68. The molecule has 0 aliphatic heterocycles. The number of hydrogen-bond acceptors (Lipinski definition) is 3. The molecule has 4 aliphatic carbocycles. The van der Waals surface area contributed by atoms with Crippen LogP contribution < -0.4 is 0 Å². The number of carbonyl (C=O) groups excluding carboxylic acids is 1. The number of methoxy groups -OCH3 is 1. The first-order valence-corrected chi connectivity index (χ1v) is 11.5. The number of carbonyl (C=O) groups is 1. The van der Waals surface area contributed by atoms with Gasteiger partial charge in [-0.2, -0.15) is 0 Å². The van der Waals surface area contributed by atoms with E-state index >= 15 is 0 Å². The molecule has 0 spiro atoms. The summed E-state index contributed by atoms with van der Waals surface area (Å²) in [6.45, 7) is 4.99. The second-order valence-corrected chi connectivity index (χ2v) is 10.4. The number of fused-ring (bicyclic) bond motifs is 5. The first-order valence-electron chi connectivity index (χ1n) is 10.2. The van der Waals surface area contributed by atoms with Crippen LogP contribution >= 0.6 is 11.8 Å². The highest BCUT2D eigenvalue weighted by atomic mass is 32.2. The summed E-state index contributed by atoms with van der Waals surface area (Å²) in [6.07, 6.45) is 14.8. The van der Waals surface area contributed by atoms with Crippen LogP contribution in [0.15, 0.2) is 11.6 Å². The molecule has 0 N–H and O–H groups in total. The van der Waals surface area contributed by atoms with Crippen molar-refractivity contribution in [3.8, 4) is 0 Å². The predicted octanol–water partition coefficient (Wildman–Crippen LogP) is 5.47. The lowest BCUT2D eigenvalue weighted by molar-refractivity contribution is -0.121. The fourth-order valence-electron chi connectivity index (χ4n) is 7.36. The third-order valence-electron chi connectivity index (χ3n) is 8.88. The molecule has 0 bridgehead atoms. The molecule has 3 heteroatoms. The van der Waals surface area contributed by atoms with E-state index in [1.54, 1.807) is 5.57 Å². The maximum atomic E-state index is 12.5. The van der Waals surface area contributed by atoms with E-state index in [9.17, 15) is 4.79 Å². The Morgan fingerprint density at radius 3 is 2.68 bits per heavy atom. The quantitative estimate of drug-likeness (QED) is 0.609. The Hall–Kier alpha value is -0.280. The predicted molar refractivity (Wildman–Crippen MR) is 105 cm³/mol. The van der Waals surface area contributed by atoms with E-state index in [-0.39, 0.29) is 5.41 Å². The maximum Gasteiger partial charge on any atom is 0.192 e. The fraction of sp³-hybridized carbons (Fsp3) is 0.864. The van der Waals surface area contributed by atoms with Gasteiger partial charge in [-0.05, 0) is 86.2 Å². The third-order valence-corrected chi connectivity index (χ3v) is 9.56. The molecule has 0 amide bonds. The zero-order valence-electron chi connectivity index (χ0n) is 16.3. The van der Waals surface area contributed by atoms with E-state index < -0.39 is 0 Å². The molecule has 140 valence electrons. The first-order chi connectivity index (χ1) is 11.9. The van der Waals surface area contributed by atoms with Gasteiger partial charge in [0, 0.05) is 13.0 Å². The van der Waals surface area contributed by atoms with Crippen molar-refractivity contribution in [1.29, 1.82) is 0 Å². The van der Waals surface area contributed by atoms with Gasteiger partial charge in [-0.25, -0.2) is 0 Å². The van der Waals surface area contributed by atoms with Crippen LogP contribution in [0.3, 0.4) is 0 Å². The van der Waals surface area contributed by atoms with Crippen molar-refractivity contribution in [1.82, 2.24) is 0 Å². The van der Waals surface area contributed by atoms with Crippen LogP contribution in [0.2, 0.25) is 0 Å². The van der Waals surface area contributed by atoms with Gasteiger partial charge < -0.3 is 4.74 Å². The van der Waals surface area contributed by atoms with Gasteiger partial charge in [0.05, 0.1) is 6.10 Å². The van der Waals surface area contributed by atoms with Crippen LogP contribution in [0.4, 0.5) is 0 Å². The zero-order chi connectivity index (χ0) is 17.8. The molecule has 0 aromatic heterocycles. The van der Waals surface area contributed by atoms with E-state index in [0.717, 1.165) is 30.6 Å². The molecule has 7 atom stereocenters. The van der Waals surface area contributed by atoms with Crippen molar-refractivity contribution in [2.24, 2.45) is 34.5 Å². The van der Waals surface area contributed by atoms with Gasteiger partial charge in [-0.15, -0.1) is 0 Å². The Morgan fingerprint density at radius 1 is 1.16 bits per heavy atom. The van der Waals surface area contributed by atoms with Gasteiger partial charge in [0.1, 0.15) is 0 Å². The molecule has 3 saturated carbocycles. The monoisotopic (exact) mass is 362 g/mol. The van der Waals surface area contributed by atoms with Gasteiger partial charge in [0.2, 0.25) is 0 Å². The fourth-order valence-corrected chi connectivity index (χ4v) is 8.03. The smallest absolute Gasteiger partial charge is 0.192 e. The lowest BCUT2D eigenvalue weighted by atomic mass is 9.47. The van der Waals surface area contributed by atoms with E-state index in [4.69, 9.17) is 4.74 Å². The molecule has 0 radical (unpaired) electrons. The molecular formula is C22H34O2S. The summed E-state index contributed by atoms with van der Waals surface area (Å²) in [5.74, 6) is 2.68. The van der Waals surface area contributed by atoms with E-state index in [1.807, 2.05) is 13.4 Å². The first kappa shape index (κ1) is 18.1. The minimum Gasteiger partial charge on any atom is -0.381 e. The number of ether oxygens (including phenoxy) is 1. The Kier molecular flexibility index (Phi) is 4.64. The van der Waals surface area contributed by atoms with E-state index in [2.05, 4.69) is 19.9 Å². The lowest BCUT2D eigenvalue weighted by Crippen LogP contribution is -2.51. The maximum absolute atomic E-state index is 12.5. The number of thioether (sulfide) groups is 1. The summed E-state index contributed by atoms with van der Waals surface area (Å²) >= 11 is 1.46. The molecule has 0 saturated heterocycles. The van der Waals surface area contributed by atoms with E-state index in [0.29, 0.717) is 22.6 Å². The summed E-state index contributed by atoms with van der Waals surface area (Å²) in [4.78, 5) is 12.5. The average molecular weight is 363 g/mol. The Balaban J connectivity index is 1.62. The number of allylic oxidation sites excluding steroid dienone is 1. The van der Waals surface area contributed by atoms with Crippen molar-refractivity contribution in [2.45, 2.75) is 71.3 Å². The highest BCUT2D eigenvalue weighted by Crippen LogP contribution is 2.66. The Bertz CT molecular complexity index is 585. The average Bonchev–Trinajstić information content (AvgIpc) is 2.97. The largest absolute Gasteiger partial charge is 0.381 e. The molecule has 4 aliphatic rings. The van der Waals surface area contributed by atoms with Crippen LogP contribution in [0, 0.1) is 34.5 Å². The molecule has 0 heterocycles. The van der Waals surface area contributed by atoms with E-state index in [1.165, 1.54) is 50.3 Å². The SMILES string of the molecule is COC1CCC2(C)C(=CCC3C2CCC2(C)C(C(=O)SC)CCC32)C1. The molecule has 3 fully saturated rings. The minimum atomic E-state index is 0.257. The Morgan fingerprint density at radius 2 is 1.96 bits per heavy atom. The summed E-state index contributed by atoms with van der Waals surface area (Å²) in [7, 11) is 1.87. The Labute approximate surface area is 157 Å². The second kappa shape index (κ2) is 6.41. The van der Waals surface area contributed by atoms with Crippen LogP contribution in [0.25, 0.3) is 0 Å². The van der Waals surface area contributed by atoms with Gasteiger partial charge in [-0.1, -0.05) is 37.3 Å².